The van der Waals surface area contributed by atoms with Gasteiger partial charge in [0.1, 0.15) is 11.8 Å². The van der Waals surface area contributed by atoms with Crippen molar-refractivity contribution in [3.05, 3.63) is 89.6 Å². The summed E-state index contributed by atoms with van der Waals surface area (Å²) in [7, 11) is 1.61. The molecule has 1 atom stereocenters. The molecule has 1 aliphatic carbocycles. The molecule has 0 bridgehead atoms. The number of methoxy groups -OCH3 is 1. The zero-order valence-corrected chi connectivity index (χ0v) is 23.2. The van der Waals surface area contributed by atoms with E-state index in [1.807, 2.05) is 72.9 Å². The summed E-state index contributed by atoms with van der Waals surface area (Å²) in [4.78, 5) is 33.4. The molecule has 0 saturated heterocycles. The van der Waals surface area contributed by atoms with E-state index in [-0.39, 0.29) is 37.6 Å². The van der Waals surface area contributed by atoms with Gasteiger partial charge in [0.15, 0.2) is 11.5 Å². The third-order valence-electron chi connectivity index (χ3n) is 8.07. The molecule has 8 nitrogen and oxygen atoms in total. The molecule has 1 aromatic heterocycles. The van der Waals surface area contributed by atoms with Gasteiger partial charge in [-0.15, -0.1) is 0 Å². The van der Waals surface area contributed by atoms with Gasteiger partial charge in [-0.25, -0.2) is 0 Å². The van der Waals surface area contributed by atoms with E-state index >= 15 is 0 Å². The Hall–Kier alpha value is -4.46. The third kappa shape index (κ3) is 5.87. The first kappa shape index (κ1) is 26.7. The summed E-state index contributed by atoms with van der Waals surface area (Å²) in [5, 5.41) is 4.28. The summed E-state index contributed by atoms with van der Waals surface area (Å²) in [5.41, 5.74) is 3.44. The number of nitrogens with zero attached hydrogens (tertiary/aromatic N) is 1. The van der Waals surface area contributed by atoms with Crippen molar-refractivity contribution in [2.75, 3.05) is 13.9 Å². The second-order valence-electron chi connectivity index (χ2n) is 10.8. The molecule has 2 aliphatic rings. The molecule has 0 spiro atoms. The topological polar surface area (TPSA) is 92.9 Å². The maximum atomic E-state index is 14.3. The number of aromatic amines is 1. The minimum Gasteiger partial charge on any atom is -0.497 e. The molecule has 2 amide bonds. The van der Waals surface area contributed by atoms with Crippen LogP contribution in [0.15, 0.2) is 72.9 Å². The average molecular weight is 554 g/mol. The Bertz CT molecular complexity index is 1520. The van der Waals surface area contributed by atoms with Crippen molar-refractivity contribution >= 4 is 22.7 Å². The molecule has 212 valence electrons. The summed E-state index contributed by atoms with van der Waals surface area (Å²) in [6, 6.07) is 20.3. The fraction of sp³-hybridized carbons (Fsp3) is 0.333. The number of rotatable bonds is 9. The maximum Gasteiger partial charge on any atom is 0.247 e. The lowest BCUT2D eigenvalue weighted by molar-refractivity contribution is -0.141. The van der Waals surface area contributed by atoms with Gasteiger partial charge in [-0.3, -0.25) is 9.59 Å². The molecular weight excluding hydrogens is 518 g/mol. The van der Waals surface area contributed by atoms with Crippen molar-refractivity contribution in [3.8, 4) is 17.2 Å². The lowest BCUT2D eigenvalue weighted by atomic mass is 9.94. The quantitative estimate of drug-likeness (QED) is 0.279. The van der Waals surface area contributed by atoms with Crippen LogP contribution in [-0.4, -0.2) is 41.6 Å². The normalized spacial score (nSPS) is 15.4. The summed E-state index contributed by atoms with van der Waals surface area (Å²) < 4.78 is 16.5. The van der Waals surface area contributed by atoms with Gasteiger partial charge >= 0.3 is 0 Å². The number of fused-ring (bicyclic) bond motifs is 2. The second-order valence-corrected chi connectivity index (χ2v) is 10.8. The van der Waals surface area contributed by atoms with Crippen LogP contribution in [-0.2, 0) is 22.6 Å². The van der Waals surface area contributed by atoms with E-state index in [4.69, 9.17) is 14.2 Å². The van der Waals surface area contributed by atoms with Gasteiger partial charge in [-0.1, -0.05) is 55.7 Å². The van der Waals surface area contributed by atoms with Crippen molar-refractivity contribution in [1.29, 1.82) is 0 Å². The van der Waals surface area contributed by atoms with Crippen LogP contribution in [0.25, 0.3) is 10.9 Å². The van der Waals surface area contributed by atoms with Crippen molar-refractivity contribution in [1.82, 2.24) is 15.2 Å². The number of hydrogen-bond acceptors (Lipinski definition) is 5. The Morgan fingerprint density at radius 3 is 2.59 bits per heavy atom. The number of carbonyl (C=O) groups is 2. The molecule has 41 heavy (non-hydrogen) atoms. The SMILES string of the molecule is COc1ccc(C(C(=O)NC2CCCCC2)N(Cc2ccc3c(c2)OCO3)C(=O)Cc2c[nH]c3ccccc23)cc1. The zero-order valence-electron chi connectivity index (χ0n) is 23.2. The highest BCUT2D eigenvalue weighted by Crippen LogP contribution is 2.34. The van der Waals surface area contributed by atoms with Crippen LogP contribution in [0.5, 0.6) is 17.2 Å². The average Bonchev–Trinajstić information content (AvgIpc) is 3.64. The van der Waals surface area contributed by atoms with E-state index in [1.165, 1.54) is 6.42 Å². The Kier molecular flexibility index (Phi) is 7.80. The predicted molar refractivity (Wildman–Crippen MR) is 156 cm³/mol. The fourth-order valence-electron chi connectivity index (χ4n) is 5.89. The molecule has 0 radical (unpaired) electrons. The van der Waals surface area contributed by atoms with E-state index in [0.29, 0.717) is 17.2 Å². The van der Waals surface area contributed by atoms with Gasteiger partial charge in [0.2, 0.25) is 18.6 Å². The predicted octanol–water partition coefficient (Wildman–Crippen LogP) is 5.67. The molecule has 2 N–H and O–H groups in total. The molecule has 1 saturated carbocycles. The number of hydrogen-bond donors (Lipinski definition) is 2. The first-order chi connectivity index (χ1) is 20.1. The standard InChI is InChI=1S/C33H35N3O5/c1-39-26-14-12-23(13-15-26)32(33(38)35-25-7-3-2-4-8-25)36(20-22-11-16-29-30(17-22)41-21-40-29)31(37)18-24-19-34-28-10-6-5-9-27(24)28/h5-6,9-17,19,25,32,34H,2-4,7-8,18,20-21H2,1H3,(H,35,38). The molecule has 2 heterocycles. The monoisotopic (exact) mass is 553 g/mol. The van der Waals surface area contributed by atoms with Crippen molar-refractivity contribution < 1.29 is 23.8 Å². The van der Waals surface area contributed by atoms with Crippen LogP contribution in [0.4, 0.5) is 0 Å². The lowest BCUT2D eigenvalue weighted by Gasteiger charge is -2.33. The maximum absolute atomic E-state index is 14.3. The molecule has 8 heteroatoms. The van der Waals surface area contributed by atoms with Crippen LogP contribution in [0.2, 0.25) is 0 Å². The van der Waals surface area contributed by atoms with Crippen molar-refractivity contribution in [3.63, 3.8) is 0 Å². The highest BCUT2D eigenvalue weighted by molar-refractivity contribution is 5.92. The first-order valence-corrected chi connectivity index (χ1v) is 14.3. The van der Waals surface area contributed by atoms with E-state index in [9.17, 15) is 9.59 Å². The summed E-state index contributed by atoms with van der Waals surface area (Å²) in [6.07, 6.45) is 7.31. The van der Waals surface area contributed by atoms with Crippen LogP contribution in [0.1, 0.15) is 54.8 Å². The minimum atomic E-state index is -0.828. The molecule has 6 rings (SSSR count). The lowest BCUT2D eigenvalue weighted by Crippen LogP contribution is -2.47. The second kappa shape index (κ2) is 12.0. The molecule has 1 aliphatic heterocycles. The fourth-order valence-corrected chi connectivity index (χ4v) is 5.89. The zero-order chi connectivity index (χ0) is 28.2. The number of amides is 2. The Labute approximate surface area is 239 Å². The third-order valence-corrected chi connectivity index (χ3v) is 8.07. The van der Waals surface area contributed by atoms with Crippen molar-refractivity contribution in [2.45, 2.75) is 57.2 Å². The molecule has 4 aromatic rings. The van der Waals surface area contributed by atoms with E-state index < -0.39 is 6.04 Å². The van der Waals surface area contributed by atoms with Crippen molar-refractivity contribution in [2.24, 2.45) is 0 Å². The Morgan fingerprint density at radius 1 is 1.00 bits per heavy atom. The highest BCUT2D eigenvalue weighted by atomic mass is 16.7. The minimum absolute atomic E-state index is 0.105. The number of para-hydroxylation sites is 1. The first-order valence-electron chi connectivity index (χ1n) is 14.3. The van der Waals surface area contributed by atoms with E-state index in [0.717, 1.165) is 53.3 Å². The summed E-state index contributed by atoms with van der Waals surface area (Å²) >= 11 is 0. The molecule has 1 unspecified atom stereocenters. The Balaban J connectivity index is 1.37. The number of ether oxygens (including phenoxy) is 3. The summed E-state index contributed by atoms with van der Waals surface area (Å²) in [6.45, 7) is 0.396. The Morgan fingerprint density at radius 2 is 1.78 bits per heavy atom. The van der Waals surface area contributed by atoms with Gasteiger partial charge in [0, 0.05) is 29.7 Å². The van der Waals surface area contributed by atoms with Crippen LogP contribution in [0, 0.1) is 0 Å². The van der Waals surface area contributed by atoms with Gasteiger partial charge in [-0.05, 0) is 59.9 Å². The van der Waals surface area contributed by atoms with Gasteiger partial charge in [-0.2, -0.15) is 0 Å². The smallest absolute Gasteiger partial charge is 0.247 e. The molecule has 3 aromatic carbocycles. The van der Waals surface area contributed by atoms with Crippen LogP contribution < -0.4 is 19.5 Å². The number of carbonyl (C=O) groups excluding carboxylic acids is 2. The van der Waals surface area contributed by atoms with Crippen LogP contribution in [0.3, 0.4) is 0 Å². The number of benzene rings is 3. The summed E-state index contributed by atoms with van der Waals surface area (Å²) in [5.74, 6) is 1.68. The number of aromatic nitrogens is 1. The van der Waals surface area contributed by atoms with Gasteiger partial charge < -0.3 is 29.4 Å². The van der Waals surface area contributed by atoms with E-state index in [1.54, 1.807) is 12.0 Å². The molecule has 1 fully saturated rings. The van der Waals surface area contributed by atoms with Gasteiger partial charge in [0.25, 0.3) is 0 Å². The van der Waals surface area contributed by atoms with Crippen LogP contribution >= 0.6 is 0 Å². The number of nitrogens with one attached hydrogen (secondary N) is 2. The van der Waals surface area contributed by atoms with E-state index in [2.05, 4.69) is 10.3 Å². The largest absolute Gasteiger partial charge is 0.497 e. The molecular formula is C33H35N3O5. The van der Waals surface area contributed by atoms with Gasteiger partial charge in [0.05, 0.1) is 13.5 Å². The highest BCUT2D eigenvalue weighted by Gasteiger charge is 2.33. The number of H-pyrrole nitrogens is 1.